The van der Waals surface area contributed by atoms with Crippen LogP contribution in [0.25, 0.3) is 22.7 Å². The predicted molar refractivity (Wildman–Crippen MR) is 76.6 cm³/mol. The summed E-state index contributed by atoms with van der Waals surface area (Å²) >= 11 is 5.88. The van der Waals surface area contributed by atoms with Gasteiger partial charge in [0.25, 0.3) is 0 Å². The third-order valence-corrected chi connectivity index (χ3v) is 3.05. The summed E-state index contributed by atoms with van der Waals surface area (Å²) in [5.41, 5.74) is 3.20. The molecule has 1 aromatic carbocycles. The molecule has 4 nitrogen and oxygen atoms in total. The Morgan fingerprint density at radius 2 is 1.89 bits per heavy atom. The summed E-state index contributed by atoms with van der Waals surface area (Å²) in [4.78, 5) is 10.5. The van der Waals surface area contributed by atoms with E-state index in [1.165, 1.54) is 0 Å². The van der Waals surface area contributed by atoms with E-state index < -0.39 is 0 Å². The zero-order valence-electron chi connectivity index (χ0n) is 10.6. The maximum atomic E-state index is 5.88. The van der Waals surface area contributed by atoms with Crippen molar-refractivity contribution < 1.29 is 4.42 Å². The summed E-state index contributed by atoms with van der Waals surface area (Å²) < 4.78 is 5.61. The van der Waals surface area contributed by atoms with E-state index in [-0.39, 0.29) is 0 Å². The number of rotatable bonds is 2. The lowest BCUT2D eigenvalue weighted by molar-refractivity contribution is 0.608. The highest BCUT2D eigenvalue weighted by Gasteiger charge is 2.09. The minimum Gasteiger partial charge on any atom is -0.418 e. The van der Waals surface area contributed by atoms with Gasteiger partial charge in [-0.3, -0.25) is 0 Å². The van der Waals surface area contributed by atoms with E-state index >= 15 is 0 Å². The quantitative estimate of drug-likeness (QED) is 0.715. The fourth-order valence-electron chi connectivity index (χ4n) is 1.82. The molecule has 0 saturated heterocycles. The van der Waals surface area contributed by atoms with Gasteiger partial charge in [0, 0.05) is 31.5 Å². The molecule has 2 aromatic heterocycles. The van der Waals surface area contributed by atoms with Crippen molar-refractivity contribution in [3.8, 4) is 11.5 Å². The summed E-state index contributed by atoms with van der Waals surface area (Å²) in [6.07, 6.45) is 1.55. The summed E-state index contributed by atoms with van der Waals surface area (Å²) in [5.74, 6) is 0.551. The lowest BCUT2D eigenvalue weighted by Gasteiger charge is -2.11. The minimum atomic E-state index is 0.496. The van der Waals surface area contributed by atoms with Gasteiger partial charge in [-0.1, -0.05) is 11.6 Å². The number of hydrogen-bond acceptors (Lipinski definition) is 4. The number of aromatic nitrogens is 2. The molecule has 0 aliphatic rings. The monoisotopic (exact) mass is 273 g/mol. The zero-order chi connectivity index (χ0) is 13.4. The highest BCUT2D eigenvalue weighted by Crippen LogP contribution is 2.26. The van der Waals surface area contributed by atoms with Crippen LogP contribution in [0, 0.1) is 0 Å². The maximum Gasteiger partial charge on any atom is 0.247 e. The zero-order valence-corrected chi connectivity index (χ0v) is 11.3. The van der Waals surface area contributed by atoms with Gasteiger partial charge in [-0.25, -0.2) is 9.97 Å². The number of halogens is 1. The SMILES string of the molecule is CN(C)c1ccc(-c2nc3cc(Cl)cnc3o2)cc1. The van der Waals surface area contributed by atoms with E-state index in [9.17, 15) is 0 Å². The van der Waals surface area contributed by atoms with Crippen LogP contribution in [0.4, 0.5) is 5.69 Å². The van der Waals surface area contributed by atoms with Gasteiger partial charge in [-0.2, -0.15) is 0 Å². The van der Waals surface area contributed by atoms with Crippen LogP contribution in [0.1, 0.15) is 0 Å². The standard InChI is InChI=1S/C14H12ClN3O/c1-18(2)11-5-3-9(4-6-11)13-17-12-7-10(15)8-16-14(12)19-13/h3-8H,1-2H3. The van der Waals surface area contributed by atoms with Gasteiger partial charge in [0.1, 0.15) is 5.52 Å². The van der Waals surface area contributed by atoms with Crippen LogP contribution >= 0.6 is 11.6 Å². The molecule has 0 atom stereocenters. The van der Waals surface area contributed by atoms with Crippen molar-refractivity contribution in [2.45, 2.75) is 0 Å². The van der Waals surface area contributed by atoms with Crippen molar-refractivity contribution in [1.82, 2.24) is 9.97 Å². The maximum absolute atomic E-state index is 5.88. The highest BCUT2D eigenvalue weighted by molar-refractivity contribution is 6.30. The van der Waals surface area contributed by atoms with Gasteiger partial charge in [-0.05, 0) is 30.3 Å². The smallest absolute Gasteiger partial charge is 0.247 e. The second kappa shape index (κ2) is 4.55. The van der Waals surface area contributed by atoms with Crippen molar-refractivity contribution in [1.29, 1.82) is 0 Å². The molecule has 0 unspecified atom stereocenters. The molecule has 19 heavy (non-hydrogen) atoms. The van der Waals surface area contributed by atoms with Gasteiger partial charge in [-0.15, -0.1) is 0 Å². The summed E-state index contributed by atoms with van der Waals surface area (Å²) in [6.45, 7) is 0. The number of pyridine rings is 1. The molecule has 5 heteroatoms. The Hall–Kier alpha value is -2.07. The summed E-state index contributed by atoms with van der Waals surface area (Å²) in [6, 6.07) is 9.73. The Balaban J connectivity index is 2.03. The van der Waals surface area contributed by atoms with Crippen molar-refractivity contribution in [3.05, 3.63) is 41.6 Å². The Kier molecular flexibility index (Phi) is 2.87. The molecule has 0 saturated carbocycles. The number of anilines is 1. The molecule has 2 heterocycles. The number of fused-ring (bicyclic) bond motifs is 1. The van der Waals surface area contributed by atoms with E-state index in [0.29, 0.717) is 22.1 Å². The Labute approximate surface area is 115 Å². The first-order valence-electron chi connectivity index (χ1n) is 5.83. The lowest BCUT2D eigenvalue weighted by Crippen LogP contribution is -2.07. The third kappa shape index (κ3) is 2.27. The van der Waals surface area contributed by atoms with E-state index in [1.54, 1.807) is 12.3 Å². The predicted octanol–water partition coefficient (Wildman–Crippen LogP) is 3.61. The first kappa shape index (κ1) is 12.0. The van der Waals surface area contributed by atoms with E-state index in [4.69, 9.17) is 16.0 Å². The molecule has 0 fully saturated rings. The fraction of sp³-hybridized carbons (Fsp3) is 0.143. The van der Waals surface area contributed by atoms with Crippen LogP contribution in [-0.2, 0) is 0 Å². The van der Waals surface area contributed by atoms with Crippen molar-refractivity contribution in [2.24, 2.45) is 0 Å². The highest BCUT2D eigenvalue weighted by atomic mass is 35.5. The van der Waals surface area contributed by atoms with Crippen LogP contribution in [0.2, 0.25) is 5.02 Å². The van der Waals surface area contributed by atoms with Crippen molar-refractivity contribution >= 4 is 28.5 Å². The van der Waals surface area contributed by atoms with E-state index in [0.717, 1.165) is 11.3 Å². The Bertz CT molecular complexity index is 719. The third-order valence-electron chi connectivity index (χ3n) is 2.84. The number of benzene rings is 1. The van der Waals surface area contributed by atoms with Crippen LogP contribution < -0.4 is 4.90 Å². The molecule has 3 rings (SSSR count). The van der Waals surface area contributed by atoms with Crippen LogP contribution in [0.3, 0.4) is 0 Å². The number of nitrogens with zero attached hydrogens (tertiary/aromatic N) is 3. The molecule has 0 N–H and O–H groups in total. The van der Waals surface area contributed by atoms with Crippen LogP contribution in [0.15, 0.2) is 40.9 Å². The van der Waals surface area contributed by atoms with Gasteiger partial charge >= 0.3 is 0 Å². The number of oxazole rings is 1. The first-order chi connectivity index (χ1) is 9.13. The molecule has 0 amide bonds. The molecular formula is C14H12ClN3O. The van der Waals surface area contributed by atoms with Crippen LogP contribution in [0.5, 0.6) is 0 Å². The average Bonchev–Trinajstić information content (AvgIpc) is 2.81. The van der Waals surface area contributed by atoms with E-state index in [2.05, 4.69) is 9.97 Å². The van der Waals surface area contributed by atoms with Gasteiger partial charge in [0.15, 0.2) is 0 Å². The topological polar surface area (TPSA) is 42.2 Å². The molecule has 0 aliphatic carbocycles. The Morgan fingerprint density at radius 1 is 1.16 bits per heavy atom. The van der Waals surface area contributed by atoms with Crippen molar-refractivity contribution in [3.63, 3.8) is 0 Å². The second-order valence-electron chi connectivity index (χ2n) is 4.44. The average molecular weight is 274 g/mol. The first-order valence-corrected chi connectivity index (χ1v) is 6.21. The second-order valence-corrected chi connectivity index (χ2v) is 4.87. The molecule has 96 valence electrons. The van der Waals surface area contributed by atoms with Gasteiger partial charge in [0.2, 0.25) is 11.6 Å². The summed E-state index contributed by atoms with van der Waals surface area (Å²) in [5, 5.41) is 0.551. The minimum absolute atomic E-state index is 0.496. The lowest BCUT2D eigenvalue weighted by atomic mass is 10.2. The number of hydrogen-bond donors (Lipinski definition) is 0. The summed E-state index contributed by atoms with van der Waals surface area (Å²) in [7, 11) is 4.00. The fourth-order valence-corrected chi connectivity index (χ4v) is 1.98. The van der Waals surface area contributed by atoms with Gasteiger partial charge in [0.05, 0.1) is 5.02 Å². The molecule has 3 aromatic rings. The Morgan fingerprint density at radius 3 is 2.58 bits per heavy atom. The molecular weight excluding hydrogens is 262 g/mol. The molecule has 0 spiro atoms. The normalized spacial score (nSPS) is 10.9. The van der Waals surface area contributed by atoms with Crippen molar-refractivity contribution in [2.75, 3.05) is 19.0 Å². The molecule has 0 aliphatic heterocycles. The molecule has 0 radical (unpaired) electrons. The van der Waals surface area contributed by atoms with E-state index in [1.807, 2.05) is 43.3 Å². The largest absolute Gasteiger partial charge is 0.418 e. The van der Waals surface area contributed by atoms with Gasteiger partial charge < -0.3 is 9.32 Å². The molecule has 0 bridgehead atoms. The van der Waals surface area contributed by atoms with Crippen LogP contribution in [-0.4, -0.2) is 24.1 Å².